The predicted octanol–water partition coefficient (Wildman–Crippen LogP) is 3.27. The Labute approximate surface area is 145 Å². The van der Waals surface area contributed by atoms with Gasteiger partial charge in [-0.1, -0.05) is 30.3 Å². The number of allylic oxidation sites excluding steroid dienone is 2. The van der Waals surface area contributed by atoms with E-state index in [0.29, 0.717) is 11.4 Å². The number of hydrogen-bond acceptors (Lipinski definition) is 5. The van der Waals surface area contributed by atoms with Crippen LogP contribution in [0.2, 0.25) is 0 Å². The molecule has 1 N–H and O–H groups in total. The van der Waals surface area contributed by atoms with Gasteiger partial charge in [0, 0.05) is 11.4 Å². The number of aromatic hydroxyl groups is 1. The van der Waals surface area contributed by atoms with Gasteiger partial charge < -0.3 is 14.7 Å². The maximum Gasteiger partial charge on any atom is 0.343 e. The number of anilines is 1. The van der Waals surface area contributed by atoms with E-state index in [1.165, 1.54) is 7.11 Å². The molecule has 0 spiro atoms. The first-order chi connectivity index (χ1) is 12.0. The normalized spacial score (nSPS) is 15.8. The smallest absolute Gasteiger partial charge is 0.343 e. The van der Waals surface area contributed by atoms with Gasteiger partial charge in [-0.05, 0) is 42.8 Å². The second kappa shape index (κ2) is 6.65. The number of carbonyl (C=O) groups excluding carboxylic acids is 2. The Kier molecular flexibility index (Phi) is 4.39. The van der Waals surface area contributed by atoms with Crippen LogP contribution < -0.4 is 4.90 Å². The molecule has 126 valence electrons. The lowest BCUT2D eigenvalue weighted by Gasteiger charge is -2.21. The lowest BCUT2D eigenvalue weighted by atomic mass is 10.1. The van der Waals surface area contributed by atoms with Crippen molar-refractivity contribution in [3.8, 4) is 5.75 Å². The van der Waals surface area contributed by atoms with Crippen LogP contribution in [-0.4, -0.2) is 24.0 Å². The van der Waals surface area contributed by atoms with Gasteiger partial charge in [-0.15, -0.1) is 0 Å². The van der Waals surface area contributed by atoms with Crippen molar-refractivity contribution in [1.82, 2.24) is 0 Å². The largest absolute Gasteiger partial charge is 0.508 e. The van der Waals surface area contributed by atoms with Crippen molar-refractivity contribution in [2.75, 3.05) is 12.0 Å². The molecule has 0 aromatic heterocycles. The summed E-state index contributed by atoms with van der Waals surface area (Å²) in [6.07, 6.45) is 1.69. The minimum Gasteiger partial charge on any atom is -0.508 e. The molecule has 2 aromatic rings. The van der Waals surface area contributed by atoms with Gasteiger partial charge in [0.15, 0.2) is 0 Å². The number of ether oxygens (including phenoxy) is 1. The molecule has 25 heavy (non-hydrogen) atoms. The van der Waals surface area contributed by atoms with Crippen LogP contribution in [0.3, 0.4) is 0 Å². The van der Waals surface area contributed by atoms with Crippen LogP contribution in [0.15, 0.2) is 71.6 Å². The fourth-order valence-electron chi connectivity index (χ4n) is 2.80. The first kappa shape index (κ1) is 16.5. The number of phenols is 1. The molecule has 5 heteroatoms. The van der Waals surface area contributed by atoms with Crippen molar-refractivity contribution in [3.05, 3.63) is 77.1 Å². The standard InChI is InChI=1S/C20H17NO4/c1-13-18(20(24)25-2)19(23)17(12-14-8-10-16(22)11-9-14)21(13)15-6-4-3-5-7-15/h3-12,22H,1-2H3/b17-12+. The van der Waals surface area contributed by atoms with Gasteiger partial charge >= 0.3 is 5.97 Å². The van der Waals surface area contributed by atoms with Crippen molar-refractivity contribution in [3.63, 3.8) is 0 Å². The first-order valence-electron chi connectivity index (χ1n) is 7.72. The highest BCUT2D eigenvalue weighted by Gasteiger charge is 2.38. The van der Waals surface area contributed by atoms with Crippen LogP contribution in [0.1, 0.15) is 12.5 Å². The zero-order chi connectivity index (χ0) is 18.0. The summed E-state index contributed by atoms with van der Waals surface area (Å²) in [5.74, 6) is -0.900. The third-order valence-corrected chi connectivity index (χ3v) is 4.00. The first-order valence-corrected chi connectivity index (χ1v) is 7.72. The fourth-order valence-corrected chi connectivity index (χ4v) is 2.80. The van der Waals surface area contributed by atoms with Gasteiger partial charge in [-0.3, -0.25) is 4.79 Å². The molecule has 5 nitrogen and oxygen atoms in total. The van der Waals surface area contributed by atoms with Gasteiger partial charge in [0.1, 0.15) is 11.3 Å². The minimum absolute atomic E-state index is 0.0244. The van der Waals surface area contributed by atoms with E-state index in [1.54, 1.807) is 42.2 Å². The van der Waals surface area contributed by atoms with Gasteiger partial charge in [-0.2, -0.15) is 0 Å². The molecular formula is C20H17NO4. The second-order valence-electron chi connectivity index (χ2n) is 5.57. The summed E-state index contributed by atoms with van der Waals surface area (Å²) in [5.41, 5.74) is 2.41. The van der Waals surface area contributed by atoms with E-state index in [1.807, 2.05) is 30.3 Å². The molecule has 0 atom stereocenters. The molecule has 0 aliphatic carbocycles. The monoisotopic (exact) mass is 335 g/mol. The summed E-state index contributed by atoms with van der Waals surface area (Å²) in [4.78, 5) is 26.7. The Morgan fingerprint density at radius 3 is 2.32 bits per heavy atom. The van der Waals surface area contributed by atoms with Gasteiger partial charge in [0.05, 0.1) is 12.8 Å². The van der Waals surface area contributed by atoms with Gasteiger partial charge in [-0.25, -0.2) is 4.79 Å². The molecule has 0 amide bonds. The number of ketones is 1. The van der Waals surface area contributed by atoms with Crippen molar-refractivity contribution < 1.29 is 19.4 Å². The van der Waals surface area contributed by atoms with Gasteiger partial charge in [0.2, 0.25) is 5.78 Å². The molecule has 1 heterocycles. The Bertz CT molecular complexity index is 880. The van der Waals surface area contributed by atoms with E-state index in [9.17, 15) is 14.7 Å². The number of hydrogen-bond donors (Lipinski definition) is 1. The molecule has 0 saturated carbocycles. The number of phenolic OH excluding ortho intramolecular Hbond substituents is 1. The number of Topliss-reactive ketones (excluding diaryl/α,β-unsaturated/α-hetero) is 1. The molecule has 0 bridgehead atoms. The van der Waals surface area contributed by atoms with Crippen LogP contribution in [0.5, 0.6) is 5.75 Å². The Hall–Kier alpha value is -3.34. The Morgan fingerprint density at radius 2 is 1.72 bits per heavy atom. The summed E-state index contributed by atoms with van der Waals surface area (Å²) in [6, 6.07) is 15.8. The van der Waals surface area contributed by atoms with E-state index in [0.717, 1.165) is 11.3 Å². The number of para-hydroxylation sites is 1. The van der Waals surface area contributed by atoms with Crippen molar-refractivity contribution >= 4 is 23.5 Å². The molecule has 3 rings (SSSR count). The highest BCUT2D eigenvalue weighted by atomic mass is 16.5. The summed E-state index contributed by atoms with van der Waals surface area (Å²) < 4.78 is 4.77. The van der Waals surface area contributed by atoms with Crippen molar-refractivity contribution in [2.24, 2.45) is 0 Å². The quantitative estimate of drug-likeness (QED) is 0.530. The number of nitrogens with zero attached hydrogens (tertiary/aromatic N) is 1. The van der Waals surface area contributed by atoms with Crippen molar-refractivity contribution in [2.45, 2.75) is 6.92 Å². The lowest BCUT2D eigenvalue weighted by Crippen LogP contribution is -2.18. The lowest BCUT2D eigenvalue weighted by molar-refractivity contribution is -0.137. The number of rotatable bonds is 3. The van der Waals surface area contributed by atoms with Crippen LogP contribution in [-0.2, 0) is 14.3 Å². The molecule has 0 fully saturated rings. The van der Waals surface area contributed by atoms with E-state index >= 15 is 0 Å². The summed E-state index contributed by atoms with van der Waals surface area (Å²) >= 11 is 0. The molecule has 0 saturated heterocycles. The average molecular weight is 335 g/mol. The van der Waals surface area contributed by atoms with Crippen LogP contribution in [0.4, 0.5) is 5.69 Å². The number of benzene rings is 2. The maximum absolute atomic E-state index is 12.9. The van der Waals surface area contributed by atoms with Gasteiger partial charge in [0.25, 0.3) is 0 Å². The van der Waals surface area contributed by atoms with E-state index in [-0.39, 0.29) is 17.1 Å². The molecule has 0 radical (unpaired) electrons. The van der Waals surface area contributed by atoms with E-state index in [2.05, 4.69) is 0 Å². The summed E-state index contributed by atoms with van der Waals surface area (Å²) in [7, 11) is 1.25. The molecule has 1 aliphatic rings. The van der Waals surface area contributed by atoms with E-state index < -0.39 is 5.97 Å². The summed E-state index contributed by atoms with van der Waals surface area (Å²) in [6.45, 7) is 1.72. The molecular weight excluding hydrogens is 318 g/mol. The van der Waals surface area contributed by atoms with E-state index in [4.69, 9.17) is 4.74 Å². The fraction of sp³-hybridized carbons (Fsp3) is 0.100. The zero-order valence-electron chi connectivity index (χ0n) is 13.9. The Balaban J connectivity index is 2.14. The highest BCUT2D eigenvalue weighted by molar-refractivity contribution is 6.30. The zero-order valence-corrected chi connectivity index (χ0v) is 13.9. The summed E-state index contributed by atoms with van der Waals surface area (Å²) in [5, 5.41) is 9.42. The third kappa shape index (κ3) is 3.04. The Morgan fingerprint density at radius 1 is 1.08 bits per heavy atom. The predicted molar refractivity (Wildman–Crippen MR) is 94.7 cm³/mol. The maximum atomic E-state index is 12.9. The van der Waals surface area contributed by atoms with Crippen LogP contribution in [0, 0.1) is 0 Å². The number of methoxy groups -OCH3 is 1. The topological polar surface area (TPSA) is 66.8 Å². The third-order valence-electron chi connectivity index (χ3n) is 4.00. The van der Waals surface area contributed by atoms with Crippen LogP contribution in [0.25, 0.3) is 6.08 Å². The average Bonchev–Trinajstić information content (AvgIpc) is 2.87. The molecule has 2 aromatic carbocycles. The van der Waals surface area contributed by atoms with Crippen LogP contribution >= 0.6 is 0 Å². The number of carbonyl (C=O) groups is 2. The highest BCUT2D eigenvalue weighted by Crippen LogP contribution is 2.35. The molecule has 0 unspecified atom stereocenters. The minimum atomic E-state index is -0.655. The number of esters is 1. The molecule has 1 aliphatic heterocycles. The second-order valence-corrected chi connectivity index (χ2v) is 5.57. The SMILES string of the molecule is COC(=O)C1=C(C)N(c2ccccc2)/C(=C/c2ccc(O)cc2)C1=O. The van der Waals surface area contributed by atoms with Crippen molar-refractivity contribution in [1.29, 1.82) is 0 Å².